The van der Waals surface area contributed by atoms with E-state index in [1.54, 1.807) is 24.3 Å². The summed E-state index contributed by atoms with van der Waals surface area (Å²) >= 11 is 0. The molecule has 0 spiro atoms. The quantitative estimate of drug-likeness (QED) is 0.600. The molecule has 3 N–H and O–H groups in total. The number of aliphatic hydroxyl groups excluding tert-OH is 1. The standard InChI is InChI=1S/C10H12O4/c11-9(12)5-7-1-2-8(4-3-7)6-10(13)14/h1-4,9,11-12H,5-6H2,(H,13,14). The molecule has 1 aromatic carbocycles. The number of aliphatic hydroxyl groups is 2. The van der Waals surface area contributed by atoms with Gasteiger partial charge in [0.2, 0.25) is 0 Å². The van der Waals surface area contributed by atoms with Gasteiger partial charge in [-0.25, -0.2) is 0 Å². The minimum absolute atomic E-state index is 0.0119. The van der Waals surface area contributed by atoms with Gasteiger partial charge in [-0.05, 0) is 11.1 Å². The van der Waals surface area contributed by atoms with E-state index in [1.165, 1.54) is 0 Å². The number of rotatable bonds is 4. The molecule has 4 nitrogen and oxygen atoms in total. The Labute approximate surface area is 81.4 Å². The molecular weight excluding hydrogens is 184 g/mol. The summed E-state index contributed by atoms with van der Waals surface area (Å²) in [7, 11) is 0. The first kappa shape index (κ1) is 10.7. The van der Waals surface area contributed by atoms with Gasteiger partial charge in [0.15, 0.2) is 6.29 Å². The minimum Gasteiger partial charge on any atom is -0.481 e. The Bertz CT molecular complexity index is 302. The van der Waals surface area contributed by atoms with Gasteiger partial charge in [0, 0.05) is 6.42 Å². The van der Waals surface area contributed by atoms with Crippen LogP contribution in [-0.2, 0) is 17.6 Å². The molecule has 0 aliphatic carbocycles. The second-order valence-corrected chi connectivity index (χ2v) is 3.07. The van der Waals surface area contributed by atoms with Crippen molar-refractivity contribution in [1.82, 2.24) is 0 Å². The van der Waals surface area contributed by atoms with Gasteiger partial charge in [-0.2, -0.15) is 0 Å². The Morgan fingerprint density at radius 1 is 1.14 bits per heavy atom. The highest BCUT2D eigenvalue weighted by atomic mass is 16.5. The molecule has 0 aliphatic heterocycles. The molecule has 0 aliphatic rings. The van der Waals surface area contributed by atoms with Gasteiger partial charge < -0.3 is 15.3 Å². The lowest BCUT2D eigenvalue weighted by molar-refractivity contribution is -0.136. The second-order valence-electron chi connectivity index (χ2n) is 3.07. The van der Waals surface area contributed by atoms with E-state index in [1.807, 2.05) is 0 Å². The summed E-state index contributed by atoms with van der Waals surface area (Å²) in [5.74, 6) is -0.875. The van der Waals surface area contributed by atoms with E-state index in [2.05, 4.69) is 0 Å². The van der Waals surface area contributed by atoms with E-state index in [0.29, 0.717) is 5.56 Å². The highest BCUT2D eigenvalue weighted by Crippen LogP contribution is 2.06. The zero-order valence-electron chi connectivity index (χ0n) is 7.55. The molecule has 0 amide bonds. The average Bonchev–Trinajstić information content (AvgIpc) is 2.06. The van der Waals surface area contributed by atoms with Crippen LogP contribution in [0.5, 0.6) is 0 Å². The van der Waals surface area contributed by atoms with Crippen LogP contribution >= 0.6 is 0 Å². The van der Waals surface area contributed by atoms with E-state index in [-0.39, 0.29) is 12.8 Å². The van der Waals surface area contributed by atoms with Gasteiger partial charge >= 0.3 is 5.97 Å². The van der Waals surface area contributed by atoms with Crippen molar-refractivity contribution in [2.75, 3.05) is 0 Å². The minimum atomic E-state index is -1.36. The van der Waals surface area contributed by atoms with Crippen molar-refractivity contribution in [3.05, 3.63) is 35.4 Å². The van der Waals surface area contributed by atoms with Crippen LogP contribution in [0, 0.1) is 0 Å². The fraction of sp³-hybridized carbons (Fsp3) is 0.300. The van der Waals surface area contributed by atoms with Crippen molar-refractivity contribution < 1.29 is 20.1 Å². The zero-order valence-corrected chi connectivity index (χ0v) is 7.55. The molecule has 4 heteroatoms. The first-order valence-electron chi connectivity index (χ1n) is 4.23. The fourth-order valence-electron chi connectivity index (χ4n) is 1.18. The topological polar surface area (TPSA) is 77.8 Å². The number of aliphatic carboxylic acids is 1. The molecule has 0 aromatic heterocycles. The van der Waals surface area contributed by atoms with Crippen molar-refractivity contribution in [3.63, 3.8) is 0 Å². The van der Waals surface area contributed by atoms with Crippen LogP contribution in [0.15, 0.2) is 24.3 Å². The van der Waals surface area contributed by atoms with E-state index in [9.17, 15) is 4.79 Å². The van der Waals surface area contributed by atoms with E-state index in [0.717, 1.165) is 5.56 Å². The predicted octanol–water partition coefficient (Wildman–Crippen LogP) is 0.167. The first-order valence-corrected chi connectivity index (χ1v) is 4.23. The number of hydrogen-bond donors (Lipinski definition) is 3. The molecule has 76 valence electrons. The highest BCUT2D eigenvalue weighted by Gasteiger charge is 2.02. The fourth-order valence-corrected chi connectivity index (χ4v) is 1.18. The summed E-state index contributed by atoms with van der Waals surface area (Å²) in [4.78, 5) is 10.4. The van der Waals surface area contributed by atoms with Crippen LogP contribution in [0.3, 0.4) is 0 Å². The maximum absolute atomic E-state index is 10.4. The van der Waals surface area contributed by atoms with Gasteiger partial charge in [0.1, 0.15) is 0 Å². The van der Waals surface area contributed by atoms with Crippen LogP contribution in [0.1, 0.15) is 11.1 Å². The monoisotopic (exact) mass is 196 g/mol. The van der Waals surface area contributed by atoms with Crippen LogP contribution < -0.4 is 0 Å². The van der Waals surface area contributed by atoms with Gasteiger partial charge in [-0.3, -0.25) is 4.79 Å². The molecule has 0 saturated heterocycles. The molecule has 0 unspecified atom stereocenters. The van der Waals surface area contributed by atoms with Crippen LogP contribution in [0.25, 0.3) is 0 Å². The molecule has 1 aromatic rings. The number of carbonyl (C=O) groups is 1. The van der Waals surface area contributed by atoms with Crippen molar-refractivity contribution in [2.24, 2.45) is 0 Å². The molecule has 14 heavy (non-hydrogen) atoms. The first-order chi connectivity index (χ1) is 6.58. The van der Waals surface area contributed by atoms with Crippen molar-refractivity contribution in [2.45, 2.75) is 19.1 Å². The van der Waals surface area contributed by atoms with Gasteiger partial charge in [-0.15, -0.1) is 0 Å². The van der Waals surface area contributed by atoms with Crippen molar-refractivity contribution >= 4 is 5.97 Å². The molecule has 0 saturated carbocycles. The average molecular weight is 196 g/mol. The summed E-state index contributed by atoms with van der Waals surface area (Å²) in [5.41, 5.74) is 1.47. The molecule has 0 bridgehead atoms. The Morgan fingerprint density at radius 3 is 2.07 bits per heavy atom. The zero-order chi connectivity index (χ0) is 10.6. The van der Waals surface area contributed by atoms with Crippen LogP contribution in [0.2, 0.25) is 0 Å². The Morgan fingerprint density at radius 2 is 1.64 bits per heavy atom. The van der Waals surface area contributed by atoms with E-state index in [4.69, 9.17) is 15.3 Å². The number of benzene rings is 1. The van der Waals surface area contributed by atoms with Crippen molar-refractivity contribution in [1.29, 1.82) is 0 Å². The lowest BCUT2D eigenvalue weighted by atomic mass is 10.1. The van der Waals surface area contributed by atoms with Crippen LogP contribution in [0.4, 0.5) is 0 Å². The summed E-state index contributed by atoms with van der Waals surface area (Å²) < 4.78 is 0. The Hall–Kier alpha value is -1.39. The molecule has 0 heterocycles. The highest BCUT2D eigenvalue weighted by molar-refractivity contribution is 5.70. The molecule has 0 fully saturated rings. The largest absolute Gasteiger partial charge is 0.481 e. The molecule has 0 radical (unpaired) electrons. The number of carboxylic acid groups (broad SMARTS) is 1. The van der Waals surface area contributed by atoms with Crippen molar-refractivity contribution in [3.8, 4) is 0 Å². The lowest BCUT2D eigenvalue weighted by Gasteiger charge is -2.04. The summed E-state index contributed by atoms with van der Waals surface area (Å²) in [6, 6.07) is 6.73. The maximum Gasteiger partial charge on any atom is 0.307 e. The van der Waals surface area contributed by atoms with Gasteiger partial charge in [0.25, 0.3) is 0 Å². The predicted molar refractivity (Wildman–Crippen MR) is 49.7 cm³/mol. The van der Waals surface area contributed by atoms with E-state index >= 15 is 0 Å². The van der Waals surface area contributed by atoms with Gasteiger partial charge in [-0.1, -0.05) is 24.3 Å². The second kappa shape index (κ2) is 4.74. The smallest absolute Gasteiger partial charge is 0.307 e. The Kier molecular flexibility index (Phi) is 3.62. The molecule has 1 rings (SSSR count). The lowest BCUT2D eigenvalue weighted by Crippen LogP contribution is -2.08. The summed E-state index contributed by atoms with van der Waals surface area (Å²) in [6.07, 6.45) is -1.21. The summed E-state index contributed by atoms with van der Waals surface area (Å²) in [5, 5.41) is 25.9. The third-order valence-corrected chi connectivity index (χ3v) is 1.80. The Balaban J connectivity index is 2.63. The third-order valence-electron chi connectivity index (χ3n) is 1.80. The maximum atomic E-state index is 10.4. The van der Waals surface area contributed by atoms with E-state index < -0.39 is 12.3 Å². The molecular formula is C10H12O4. The van der Waals surface area contributed by atoms with Gasteiger partial charge in [0.05, 0.1) is 6.42 Å². The normalized spacial score (nSPS) is 10.5. The number of carboxylic acids is 1. The van der Waals surface area contributed by atoms with Crippen LogP contribution in [-0.4, -0.2) is 27.6 Å². The third kappa shape index (κ3) is 3.55. The summed E-state index contributed by atoms with van der Waals surface area (Å²) in [6.45, 7) is 0. The molecule has 0 atom stereocenters. The SMILES string of the molecule is O=C(O)Cc1ccc(CC(O)O)cc1. The number of hydrogen-bond acceptors (Lipinski definition) is 3.